The number of aliphatic hydroxyl groups is 1. The Balaban J connectivity index is 1.32. The van der Waals surface area contributed by atoms with E-state index >= 15 is 0 Å². The molecule has 5 rings (SSSR count). The van der Waals surface area contributed by atoms with Crippen LogP contribution in [0.3, 0.4) is 0 Å². The molecule has 0 bridgehead atoms. The highest BCUT2D eigenvalue weighted by atomic mass is 16.7. The molecule has 9 heteroatoms. The van der Waals surface area contributed by atoms with Crippen molar-refractivity contribution in [3.63, 3.8) is 0 Å². The van der Waals surface area contributed by atoms with Gasteiger partial charge in [0.1, 0.15) is 11.6 Å². The average Bonchev–Trinajstić information content (AvgIpc) is 3.22. The second-order valence-electron chi connectivity index (χ2n) is 7.56. The lowest BCUT2D eigenvalue weighted by molar-refractivity contribution is 0.122. The molecule has 2 saturated heterocycles. The van der Waals surface area contributed by atoms with Gasteiger partial charge in [-0.15, -0.1) is 0 Å². The van der Waals surface area contributed by atoms with Crippen LogP contribution in [-0.4, -0.2) is 67.4 Å². The fourth-order valence-corrected chi connectivity index (χ4v) is 4.23. The van der Waals surface area contributed by atoms with E-state index in [4.69, 9.17) is 19.9 Å². The molecule has 1 aromatic carbocycles. The molecule has 154 valence electrons. The van der Waals surface area contributed by atoms with Gasteiger partial charge in [0.05, 0.1) is 19.3 Å². The van der Waals surface area contributed by atoms with E-state index in [1.807, 2.05) is 24.3 Å². The van der Waals surface area contributed by atoms with Crippen LogP contribution >= 0.6 is 0 Å². The Hall–Kier alpha value is -2.78. The van der Waals surface area contributed by atoms with E-state index in [9.17, 15) is 5.11 Å². The van der Waals surface area contributed by atoms with Gasteiger partial charge in [-0.1, -0.05) is 6.07 Å². The molecule has 2 atom stereocenters. The van der Waals surface area contributed by atoms with Crippen molar-refractivity contribution in [3.8, 4) is 11.5 Å². The van der Waals surface area contributed by atoms with Crippen LogP contribution in [0.25, 0.3) is 0 Å². The molecular weight excluding hydrogens is 374 g/mol. The highest BCUT2D eigenvalue weighted by Crippen LogP contribution is 2.38. The van der Waals surface area contributed by atoms with Gasteiger partial charge in [-0.25, -0.2) is 0 Å². The fraction of sp³-hybridized carbons (Fsp3) is 0.500. The minimum Gasteiger partial charge on any atom is -0.454 e. The Kier molecular flexibility index (Phi) is 4.76. The molecule has 1 aromatic heterocycles. The van der Waals surface area contributed by atoms with Crippen molar-refractivity contribution >= 4 is 17.6 Å². The van der Waals surface area contributed by atoms with Crippen molar-refractivity contribution in [1.29, 1.82) is 0 Å². The Morgan fingerprint density at radius 1 is 0.966 bits per heavy atom. The predicted molar refractivity (Wildman–Crippen MR) is 108 cm³/mol. The lowest BCUT2D eigenvalue weighted by Gasteiger charge is -2.37. The summed E-state index contributed by atoms with van der Waals surface area (Å²) in [5.74, 6) is 3.35. The molecule has 2 fully saturated rings. The maximum atomic E-state index is 10.9. The third kappa shape index (κ3) is 3.63. The summed E-state index contributed by atoms with van der Waals surface area (Å²) in [5, 5.41) is 10.9. The van der Waals surface area contributed by atoms with Gasteiger partial charge in [0, 0.05) is 38.2 Å². The highest BCUT2D eigenvalue weighted by molar-refractivity contribution is 5.55. The fourth-order valence-electron chi connectivity index (χ4n) is 4.23. The number of rotatable bonds is 3. The first-order chi connectivity index (χ1) is 14.2. The summed E-state index contributed by atoms with van der Waals surface area (Å²) in [6.45, 7) is 4.43. The number of anilines is 3. The number of piperidine rings is 1. The van der Waals surface area contributed by atoms with Gasteiger partial charge in [-0.05, 0) is 24.1 Å². The average molecular weight is 399 g/mol. The van der Waals surface area contributed by atoms with E-state index in [1.54, 1.807) is 0 Å². The molecule has 0 amide bonds. The zero-order valence-corrected chi connectivity index (χ0v) is 16.2. The van der Waals surface area contributed by atoms with Crippen LogP contribution in [0.1, 0.15) is 17.9 Å². The van der Waals surface area contributed by atoms with Gasteiger partial charge in [0.25, 0.3) is 0 Å². The number of nitrogens with zero attached hydrogens (tertiary/aromatic N) is 4. The second kappa shape index (κ2) is 7.57. The molecule has 4 heterocycles. The topological polar surface area (TPSA) is 106 Å². The minimum atomic E-state index is -0.521. The maximum Gasteiger partial charge on any atom is 0.231 e. The van der Waals surface area contributed by atoms with E-state index in [-0.39, 0.29) is 18.7 Å². The zero-order valence-electron chi connectivity index (χ0n) is 16.2. The Morgan fingerprint density at radius 3 is 2.52 bits per heavy atom. The Morgan fingerprint density at radius 2 is 1.72 bits per heavy atom. The van der Waals surface area contributed by atoms with Crippen LogP contribution in [0.15, 0.2) is 24.3 Å². The van der Waals surface area contributed by atoms with Crippen LogP contribution in [0, 0.1) is 0 Å². The number of β-amino-alcohol motifs (C(OH)–C–C–N with tert-alkyl or cyclic N) is 1. The second-order valence-corrected chi connectivity index (χ2v) is 7.56. The summed E-state index contributed by atoms with van der Waals surface area (Å²) in [4.78, 5) is 13.0. The molecule has 0 radical (unpaired) electrons. The van der Waals surface area contributed by atoms with Crippen molar-refractivity contribution < 1.29 is 19.3 Å². The highest BCUT2D eigenvalue weighted by Gasteiger charge is 2.31. The van der Waals surface area contributed by atoms with Crippen LogP contribution in [0.2, 0.25) is 0 Å². The quantitative estimate of drug-likeness (QED) is 0.781. The standard InChI is InChI=1S/C20H25N5O4/c21-20-22-18(24-5-7-27-8-6-24)10-19(23-20)25-4-3-14(15(26)11-25)13-1-2-16-17(9-13)29-12-28-16/h1-2,9-10,14-15,26H,3-8,11-12H2,(H2,21,22,23)/t14-,15+/m0/s1. The summed E-state index contributed by atoms with van der Waals surface area (Å²) in [7, 11) is 0. The summed E-state index contributed by atoms with van der Waals surface area (Å²) in [6.07, 6.45) is 0.282. The molecule has 29 heavy (non-hydrogen) atoms. The van der Waals surface area contributed by atoms with E-state index in [2.05, 4.69) is 19.8 Å². The molecule has 0 spiro atoms. The molecule has 2 aromatic rings. The van der Waals surface area contributed by atoms with Crippen LogP contribution < -0.4 is 25.0 Å². The van der Waals surface area contributed by atoms with E-state index in [1.165, 1.54) is 0 Å². The number of hydrogen-bond donors (Lipinski definition) is 2. The van der Waals surface area contributed by atoms with Crippen molar-refractivity contribution in [2.24, 2.45) is 0 Å². The van der Waals surface area contributed by atoms with Crippen LogP contribution in [-0.2, 0) is 4.74 Å². The minimum absolute atomic E-state index is 0.0404. The number of aromatic nitrogens is 2. The van der Waals surface area contributed by atoms with Gasteiger partial charge in [-0.3, -0.25) is 0 Å². The summed E-state index contributed by atoms with van der Waals surface area (Å²) in [6, 6.07) is 7.85. The van der Waals surface area contributed by atoms with E-state index in [0.29, 0.717) is 19.8 Å². The number of fused-ring (bicyclic) bond motifs is 1. The summed E-state index contributed by atoms with van der Waals surface area (Å²) in [5.41, 5.74) is 7.05. The molecule has 3 aliphatic rings. The first-order valence-electron chi connectivity index (χ1n) is 9.97. The molecule has 3 aliphatic heterocycles. The van der Waals surface area contributed by atoms with Gasteiger partial charge in [-0.2, -0.15) is 9.97 Å². The number of nitrogens with two attached hydrogens (primary N) is 1. The van der Waals surface area contributed by atoms with Crippen LogP contribution in [0.5, 0.6) is 11.5 Å². The zero-order chi connectivity index (χ0) is 19.8. The lowest BCUT2D eigenvalue weighted by atomic mass is 9.87. The molecule has 0 aliphatic carbocycles. The SMILES string of the molecule is Nc1nc(N2CCOCC2)cc(N2CC[C@@H](c3ccc4c(c3)OCO4)[C@H](O)C2)n1. The molecule has 0 unspecified atom stereocenters. The number of ether oxygens (including phenoxy) is 3. The normalized spacial score (nSPS) is 24.0. The van der Waals surface area contributed by atoms with Crippen molar-refractivity contribution in [3.05, 3.63) is 29.8 Å². The Labute approximate surface area is 169 Å². The molecular formula is C20H25N5O4. The molecule has 3 N–H and O–H groups in total. The molecule has 0 saturated carbocycles. The first-order valence-corrected chi connectivity index (χ1v) is 9.97. The maximum absolute atomic E-state index is 10.9. The smallest absolute Gasteiger partial charge is 0.231 e. The van der Waals surface area contributed by atoms with Crippen molar-refractivity contribution in [2.75, 3.05) is 61.7 Å². The molecule has 9 nitrogen and oxygen atoms in total. The number of morpholine rings is 1. The Bertz CT molecular complexity index is 889. The monoisotopic (exact) mass is 399 g/mol. The van der Waals surface area contributed by atoms with Gasteiger partial charge >= 0.3 is 0 Å². The number of hydrogen-bond acceptors (Lipinski definition) is 9. The number of benzene rings is 1. The third-order valence-electron chi connectivity index (χ3n) is 5.78. The number of nitrogen functional groups attached to an aromatic ring is 1. The van der Waals surface area contributed by atoms with E-state index < -0.39 is 6.10 Å². The first kappa shape index (κ1) is 18.3. The van der Waals surface area contributed by atoms with Gasteiger partial charge in [0.2, 0.25) is 12.7 Å². The predicted octanol–water partition coefficient (Wildman–Crippen LogP) is 0.979. The number of aliphatic hydroxyl groups excluding tert-OH is 1. The third-order valence-corrected chi connectivity index (χ3v) is 5.78. The summed E-state index contributed by atoms with van der Waals surface area (Å²) >= 11 is 0. The van der Waals surface area contributed by atoms with Crippen LogP contribution in [0.4, 0.5) is 17.6 Å². The lowest BCUT2D eigenvalue weighted by Crippen LogP contribution is -2.43. The van der Waals surface area contributed by atoms with Crippen molar-refractivity contribution in [1.82, 2.24) is 9.97 Å². The summed E-state index contributed by atoms with van der Waals surface area (Å²) < 4.78 is 16.3. The van der Waals surface area contributed by atoms with Gasteiger partial charge < -0.3 is 34.9 Å². The van der Waals surface area contributed by atoms with E-state index in [0.717, 1.165) is 54.8 Å². The van der Waals surface area contributed by atoms with Crippen molar-refractivity contribution in [2.45, 2.75) is 18.4 Å². The largest absolute Gasteiger partial charge is 0.454 e. The van der Waals surface area contributed by atoms with Gasteiger partial charge in [0.15, 0.2) is 11.5 Å².